The van der Waals surface area contributed by atoms with Gasteiger partial charge in [0, 0.05) is 28.2 Å². The number of nitrogens with zero attached hydrogens (tertiary/aromatic N) is 2. The second-order valence-electron chi connectivity index (χ2n) is 10.8. The molecule has 1 saturated heterocycles. The lowest BCUT2D eigenvalue weighted by atomic mass is 9.94. The Bertz CT molecular complexity index is 1110. The minimum Gasteiger partial charge on any atom is -0.372 e. The number of hydrogen-bond acceptors (Lipinski definition) is 5. The highest BCUT2D eigenvalue weighted by molar-refractivity contribution is 7.92. The zero-order valence-corrected chi connectivity index (χ0v) is 22.7. The molecule has 2 aromatic rings. The SMILES string of the molecule is Cc1cccc(S(=O)(=O)C2(C)CCOC(c3cc(C(C)(F)F)nn3COCC[Si](C)(C)C)C2)c1. The van der Waals surface area contributed by atoms with Gasteiger partial charge in [-0.15, -0.1) is 0 Å². The normalized spacial score (nSPS) is 22.2. The van der Waals surface area contributed by atoms with Gasteiger partial charge in [0.05, 0.1) is 15.3 Å². The average Bonchev–Trinajstić information content (AvgIpc) is 3.15. The van der Waals surface area contributed by atoms with Gasteiger partial charge < -0.3 is 9.47 Å². The maximum absolute atomic E-state index is 14.1. The van der Waals surface area contributed by atoms with Crippen LogP contribution in [0.2, 0.25) is 25.7 Å². The van der Waals surface area contributed by atoms with Crippen LogP contribution in [0, 0.1) is 6.92 Å². The minimum absolute atomic E-state index is 0.0110. The summed E-state index contributed by atoms with van der Waals surface area (Å²) in [5.74, 6) is -3.13. The first-order valence-electron chi connectivity index (χ1n) is 11.6. The van der Waals surface area contributed by atoms with Gasteiger partial charge in [0.2, 0.25) is 0 Å². The van der Waals surface area contributed by atoms with Crippen molar-refractivity contribution in [3.05, 3.63) is 47.3 Å². The number of aromatic nitrogens is 2. The van der Waals surface area contributed by atoms with Crippen molar-refractivity contribution in [1.29, 1.82) is 0 Å². The fourth-order valence-corrected chi connectivity index (χ4v) is 6.66. The van der Waals surface area contributed by atoms with Gasteiger partial charge in [-0.25, -0.2) is 13.1 Å². The molecule has 34 heavy (non-hydrogen) atoms. The monoisotopic (exact) mass is 514 g/mol. The molecule has 2 heterocycles. The fraction of sp³-hybridized carbons (Fsp3) is 0.625. The number of benzene rings is 1. The maximum Gasteiger partial charge on any atom is 0.288 e. The first-order chi connectivity index (χ1) is 15.6. The number of aryl methyl sites for hydroxylation is 1. The lowest BCUT2D eigenvalue weighted by molar-refractivity contribution is -0.0114. The molecule has 0 radical (unpaired) electrons. The summed E-state index contributed by atoms with van der Waals surface area (Å²) in [5.41, 5.74) is 0.889. The van der Waals surface area contributed by atoms with Crippen molar-refractivity contribution in [1.82, 2.24) is 9.78 Å². The van der Waals surface area contributed by atoms with Crippen LogP contribution in [0.25, 0.3) is 0 Å². The summed E-state index contributed by atoms with van der Waals surface area (Å²) >= 11 is 0. The summed E-state index contributed by atoms with van der Waals surface area (Å²) in [7, 11) is -4.99. The third-order valence-corrected chi connectivity index (χ3v) is 10.6. The largest absolute Gasteiger partial charge is 0.372 e. The van der Waals surface area contributed by atoms with Crippen molar-refractivity contribution >= 4 is 17.9 Å². The molecular weight excluding hydrogens is 478 g/mol. The Hall–Kier alpha value is -1.62. The quantitative estimate of drug-likeness (QED) is 0.317. The molecule has 1 aromatic heterocycles. The van der Waals surface area contributed by atoms with E-state index < -0.39 is 34.7 Å². The molecule has 0 N–H and O–H groups in total. The molecule has 0 aliphatic carbocycles. The summed E-state index contributed by atoms with van der Waals surface area (Å²) in [4.78, 5) is 0.264. The number of sulfone groups is 1. The van der Waals surface area contributed by atoms with E-state index in [0.29, 0.717) is 18.7 Å². The molecule has 1 aliphatic rings. The van der Waals surface area contributed by atoms with Gasteiger partial charge in [0.15, 0.2) is 9.84 Å². The zero-order valence-electron chi connectivity index (χ0n) is 20.9. The molecule has 1 fully saturated rings. The van der Waals surface area contributed by atoms with Gasteiger partial charge in [0.25, 0.3) is 5.92 Å². The molecule has 6 nitrogen and oxygen atoms in total. The lowest BCUT2D eigenvalue weighted by Gasteiger charge is -2.37. The van der Waals surface area contributed by atoms with Gasteiger partial charge in [0.1, 0.15) is 18.5 Å². The maximum atomic E-state index is 14.1. The predicted molar refractivity (Wildman–Crippen MR) is 131 cm³/mol. The Kier molecular flexibility index (Phi) is 7.77. The summed E-state index contributed by atoms with van der Waals surface area (Å²) < 4.78 is 67.4. The van der Waals surface area contributed by atoms with Gasteiger partial charge in [-0.1, -0.05) is 31.8 Å². The second kappa shape index (κ2) is 9.79. The first kappa shape index (κ1) is 27.0. The molecule has 3 rings (SSSR count). The summed E-state index contributed by atoms with van der Waals surface area (Å²) in [5, 5.41) is 4.09. The van der Waals surface area contributed by atoms with E-state index in [2.05, 4.69) is 24.7 Å². The molecule has 2 unspecified atom stereocenters. The smallest absolute Gasteiger partial charge is 0.288 e. The van der Waals surface area contributed by atoms with Crippen LogP contribution < -0.4 is 0 Å². The van der Waals surface area contributed by atoms with E-state index in [-0.39, 0.29) is 30.3 Å². The minimum atomic E-state index is -3.68. The van der Waals surface area contributed by atoms with Crippen LogP contribution >= 0.6 is 0 Å². The Balaban J connectivity index is 1.88. The Labute approximate surface area is 202 Å². The van der Waals surface area contributed by atoms with Crippen LogP contribution in [0.5, 0.6) is 0 Å². The number of hydrogen-bond donors (Lipinski definition) is 0. The van der Waals surface area contributed by atoms with Gasteiger partial charge in [-0.05, 0) is 56.5 Å². The molecule has 1 aliphatic heterocycles. The van der Waals surface area contributed by atoms with Crippen molar-refractivity contribution in [2.45, 2.75) is 87.7 Å². The van der Waals surface area contributed by atoms with E-state index >= 15 is 0 Å². The number of ether oxygens (including phenoxy) is 2. The molecule has 190 valence electrons. The highest BCUT2D eigenvalue weighted by Crippen LogP contribution is 2.43. The van der Waals surface area contributed by atoms with Crippen molar-refractivity contribution < 1.29 is 26.7 Å². The molecule has 0 bridgehead atoms. The molecule has 1 aromatic carbocycles. The molecule has 0 saturated carbocycles. The Morgan fingerprint density at radius 3 is 2.62 bits per heavy atom. The van der Waals surface area contributed by atoms with Gasteiger partial charge in [-0.2, -0.15) is 13.9 Å². The molecular formula is C24H36F2N2O4SSi. The molecule has 10 heteroatoms. The van der Waals surface area contributed by atoms with Gasteiger partial charge in [-0.3, -0.25) is 0 Å². The predicted octanol–water partition coefficient (Wildman–Crippen LogP) is 5.70. The highest BCUT2D eigenvalue weighted by atomic mass is 32.2. The standard InChI is InChI=1S/C24H36F2N2O4SSi/c1-18-8-7-9-19(14-18)33(29,30)23(2)10-11-32-21(16-23)20-15-22(24(3,25)26)27-28(20)17-31-12-13-34(4,5)6/h7-9,14-15,21H,10-13,16-17H2,1-6H3. The van der Waals surface area contributed by atoms with Crippen LogP contribution in [0.3, 0.4) is 0 Å². The number of halogens is 2. The van der Waals surface area contributed by atoms with Crippen molar-refractivity contribution in [2.24, 2.45) is 0 Å². The second-order valence-corrected chi connectivity index (χ2v) is 18.9. The topological polar surface area (TPSA) is 70.4 Å². The van der Waals surface area contributed by atoms with Crippen LogP contribution in [0.1, 0.15) is 49.7 Å². The van der Waals surface area contributed by atoms with E-state index in [0.717, 1.165) is 18.5 Å². The third kappa shape index (κ3) is 6.13. The number of rotatable bonds is 9. The summed E-state index contributed by atoms with van der Waals surface area (Å²) in [6.45, 7) is 11.8. The van der Waals surface area contributed by atoms with E-state index in [9.17, 15) is 17.2 Å². The van der Waals surface area contributed by atoms with Crippen LogP contribution in [-0.4, -0.2) is 44.2 Å². The molecule has 2 atom stereocenters. The van der Waals surface area contributed by atoms with E-state index in [1.807, 2.05) is 13.0 Å². The van der Waals surface area contributed by atoms with E-state index in [4.69, 9.17) is 9.47 Å². The Morgan fingerprint density at radius 1 is 1.29 bits per heavy atom. The van der Waals surface area contributed by atoms with Crippen molar-refractivity contribution in [3.8, 4) is 0 Å². The number of alkyl halides is 2. The molecule has 0 amide bonds. The molecule has 0 spiro atoms. The van der Waals surface area contributed by atoms with Crippen molar-refractivity contribution in [3.63, 3.8) is 0 Å². The van der Waals surface area contributed by atoms with Gasteiger partial charge >= 0.3 is 0 Å². The fourth-order valence-electron chi connectivity index (χ4n) is 4.01. The van der Waals surface area contributed by atoms with Crippen molar-refractivity contribution in [2.75, 3.05) is 13.2 Å². The summed E-state index contributed by atoms with van der Waals surface area (Å²) in [6.07, 6.45) is -0.238. The first-order valence-corrected chi connectivity index (χ1v) is 16.8. The highest BCUT2D eigenvalue weighted by Gasteiger charge is 2.46. The van der Waals surface area contributed by atoms with E-state index in [1.54, 1.807) is 25.1 Å². The third-order valence-electron chi connectivity index (χ3n) is 6.32. The Morgan fingerprint density at radius 2 is 2.00 bits per heavy atom. The average molecular weight is 515 g/mol. The van der Waals surface area contributed by atoms with Crippen LogP contribution in [0.4, 0.5) is 8.78 Å². The van der Waals surface area contributed by atoms with E-state index in [1.165, 1.54) is 10.7 Å². The van der Waals surface area contributed by atoms with Crippen LogP contribution in [-0.2, 0) is 32.0 Å². The lowest BCUT2D eigenvalue weighted by Crippen LogP contribution is -2.42. The van der Waals surface area contributed by atoms with Crippen LogP contribution in [0.15, 0.2) is 35.2 Å². The summed E-state index contributed by atoms with van der Waals surface area (Å²) in [6, 6.07) is 9.10. The zero-order chi connectivity index (χ0) is 25.4.